The first-order valence-corrected chi connectivity index (χ1v) is 31.7. The summed E-state index contributed by atoms with van der Waals surface area (Å²) >= 11 is 6.20. The van der Waals surface area contributed by atoms with Crippen LogP contribution in [0.4, 0.5) is 11.9 Å². The lowest BCUT2D eigenvalue weighted by Gasteiger charge is -2.37. The highest BCUT2D eigenvalue weighted by Crippen LogP contribution is 2.50. The van der Waals surface area contributed by atoms with Gasteiger partial charge in [-0.2, -0.15) is 31.8 Å². The van der Waals surface area contributed by atoms with E-state index >= 15 is 0 Å². The second-order valence-electron chi connectivity index (χ2n) is 22.1. The molecule has 1 unspecified atom stereocenters. The average molecular weight is 1360 g/mol. The minimum Gasteiger partial charge on any atom is -0.455 e. The van der Waals surface area contributed by atoms with Gasteiger partial charge in [0.2, 0.25) is 18.2 Å². The number of imidazole rings is 2. The van der Waals surface area contributed by atoms with Crippen molar-refractivity contribution in [1.29, 1.82) is 0 Å². The first-order chi connectivity index (χ1) is 43.9. The van der Waals surface area contributed by atoms with E-state index in [1.54, 1.807) is 48.8 Å². The molecule has 2 aromatic carbocycles. The highest BCUT2D eigenvalue weighted by atomic mass is 35.5. The normalized spacial score (nSPS) is 27.5. The Bertz CT molecular complexity index is 4050. The maximum atomic E-state index is 13.1. The van der Waals surface area contributed by atoms with Crippen molar-refractivity contribution in [2.24, 2.45) is 11.8 Å². The van der Waals surface area contributed by atoms with Gasteiger partial charge in [-0.05, 0) is 38.1 Å². The average Bonchev–Trinajstić information content (AvgIpc) is 1.57. The number of benzene rings is 2. The molecule has 31 nitrogen and oxygen atoms in total. The molecule has 0 amide bonds. The van der Waals surface area contributed by atoms with E-state index in [0.29, 0.717) is 0 Å². The van der Waals surface area contributed by atoms with Crippen molar-refractivity contribution in [2.45, 2.75) is 137 Å². The fraction of sp³-hybridized carbons (Fsp3) is 0.475. The van der Waals surface area contributed by atoms with Gasteiger partial charge in [-0.3, -0.25) is 41.7 Å². The van der Waals surface area contributed by atoms with Crippen molar-refractivity contribution in [3.8, 4) is 0 Å². The topological polar surface area (TPSA) is 410 Å². The van der Waals surface area contributed by atoms with Gasteiger partial charge in [0.1, 0.15) is 47.2 Å². The third kappa shape index (κ3) is 14.1. The Balaban J connectivity index is 0.000000184. The molecule has 0 saturated carbocycles. The minimum absolute atomic E-state index is 0.0213. The largest absolute Gasteiger partial charge is 0.455 e. The number of aliphatic hydroxyl groups excluding tert-OH is 1. The van der Waals surface area contributed by atoms with Crippen molar-refractivity contribution in [2.75, 3.05) is 52.6 Å². The van der Waals surface area contributed by atoms with Crippen LogP contribution in [0, 0.1) is 25.7 Å². The Morgan fingerprint density at radius 3 is 1.67 bits per heavy atom. The number of aryl methyl sites for hydroxylation is 2. The van der Waals surface area contributed by atoms with E-state index in [1.807, 2.05) is 13.8 Å². The highest BCUT2D eigenvalue weighted by Gasteiger charge is 2.66. The van der Waals surface area contributed by atoms with Gasteiger partial charge in [0.15, 0.2) is 52.2 Å². The van der Waals surface area contributed by atoms with Crippen LogP contribution in [0.3, 0.4) is 0 Å². The van der Waals surface area contributed by atoms with Crippen LogP contribution < -0.4 is 17.0 Å². The van der Waals surface area contributed by atoms with Crippen LogP contribution in [-0.2, 0) is 90.4 Å². The number of nitrogens with one attached hydrogen (secondary N) is 1. The molecule has 504 valence electrons. The Morgan fingerprint density at radius 2 is 1.17 bits per heavy atom. The van der Waals surface area contributed by atoms with E-state index in [0.717, 1.165) is 11.1 Å². The zero-order valence-corrected chi connectivity index (χ0v) is 54.7. The number of ether oxygens (including phenoxy) is 10. The predicted molar refractivity (Wildman–Crippen MR) is 329 cm³/mol. The number of hydrogen-bond acceptors (Lipinski definition) is 28. The molecule has 10 rings (SSSR count). The van der Waals surface area contributed by atoms with Gasteiger partial charge in [0.05, 0.1) is 42.3 Å². The minimum atomic E-state index is -4.19. The Kier molecular flexibility index (Phi) is 21.8. The second-order valence-corrected chi connectivity index (χ2v) is 25.7. The van der Waals surface area contributed by atoms with E-state index < -0.39 is 147 Å². The van der Waals surface area contributed by atoms with Gasteiger partial charge in [0, 0.05) is 53.9 Å². The summed E-state index contributed by atoms with van der Waals surface area (Å²) in [4.78, 5) is 70.2. The third-order valence-electron chi connectivity index (χ3n) is 16.2. The van der Waals surface area contributed by atoms with Gasteiger partial charge < -0.3 is 63.9 Å². The van der Waals surface area contributed by atoms with E-state index in [2.05, 4.69) is 49.6 Å². The van der Waals surface area contributed by atoms with Crippen LogP contribution in [0.1, 0.15) is 58.2 Å². The number of carbonyl (C=O) groups is 3. The number of nitrogens with zero attached hydrogens (tertiary/aromatic N) is 7. The molecule has 6 N–H and O–H groups in total. The van der Waals surface area contributed by atoms with Crippen molar-refractivity contribution >= 4 is 84.0 Å². The number of nitrogens with two attached hydrogens (primary N) is 2. The molecular formula is C59H73ClN10O21S2. The Labute approximate surface area is 539 Å². The Hall–Kier alpha value is -7.64. The maximum absolute atomic E-state index is 13.1. The van der Waals surface area contributed by atoms with Gasteiger partial charge in [0.25, 0.3) is 25.8 Å². The van der Waals surface area contributed by atoms with Crippen molar-refractivity contribution in [1.82, 2.24) is 39.0 Å². The van der Waals surface area contributed by atoms with E-state index in [4.69, 9.17) is 78.8 Å². The number of carbonyl (C=O) groups excluding carboxylic acids is 3. The summed E-state index contributed by atoms with van der Waals surface area (Å²) in [5.41, 5.74) is 9.62. The molecule has 34 heteroatoms. The van der Waals surface area contributed by atoms with Crippen molar-refractivity contribution in [3.63, 3.8) is 0 Å². The molecule has 4 fully saturated rings. The smallest absolute Gasteiger partial charge is 0.305 e. The molecule has 2 bridgehead atoms. The summed E-state index contributed by atoms with van der Waals surface area (Å²) in [6, 6.07) is 12.4. The second kappa shape index (κ2) is 28.5. The van der Waals surface area contributed by atoms with Crippen LogP contribution in [0.2, 0.25) is 5.15 Å². The fourth-order valence-corrected chi connectivity index (χ4v) is 13.5. The lowest BCUT2D eigenvalue weighted by molar-refractivity contribution is -0.212. The van der Waals surface area contributed by atoms with Crippen molar-refractivity contribution in [3.05, 3.63) is 126 Å². The van der Waals surface area contributed by atoms with Crippen molar-refractivity contribution < 1.29 is 92.1 Å². The molecule has 4 aliphatic rings. The van der Waals surface area contributed by atoms with Gasteiger partial charge in [-0.25, -0.2) is 9.97 Å². The maximum Gasteiger partial charge on any atom is 0.305 e. The van der Waals surface area contributed by atoms with E-state index in [9.17, 15) is 41.1 Å². The summed E-state index contributed by atoms with van der Waals surface area (Å²) in [6.07, 6.45) is -1.97. The number of aromatic amines is 1. The molecule has 0 aliphatic carbocycles. The summed E-state index contributed by atoms with van der Waals surface area (Å²) in [6.45, 7) is 21.2. The van der Waals surface area contributed by atoms with Crippen LogP contribution in [-0.4, -0.2) is 186 Å². The number of nitrogen functional groups attached to an aromatic ring is 2. The standard InChI is InChI=1S/C24H28ClN5O7S.C21H28O9S.C14H17N5O5/c1-6-14(3)24(11-35-38(32,33)16-9-7-13(2)8-10-16)19(34-5)18(36-15(4)31)22(37-24)30-12-27-17-20(25)28-23(26)29-21(17)30;1-7-14(3)21(12-27-31(24,25)17-10-8-13(2)9-11-17)19(26-6)18(28-15(4)22)20(30-21)29-16(5)23;1-3-6(20)14-4-23-8(9(14)22-2)12(24-14)19-5-16-7-10(19)17-13(15)18-11(7)21/h6-10,12,14,18-19,22H,1,11H2,2-5H3,(H2,26,28,29);7-11,14,18-20H,1,12H2,2-6H3;3,5-6,8-9,12,20H,1,4H2,2H3,(H3,15,17,18,21)/t14-,18+,19-,22+,24+;14-,18+,19-,20?,21+;6-,8+,9-,12+,14+/m000/s1. The first kappa shape index (κ1) is 71.2. The number of hydrogen-bond donors (Lipinski definition) is 4. The quantitative estimate of drug-likeness (QED) is 0.0246. The molecule has 0 radical (unpaired) electrons. The SMILES string of the molecule is C=C[C@H](C)[C@@]1(COS(=O)(=O)c2ccc(C)cc2)OC(OC(C)=O)[C@H](OC(C)=O)[C@@H]1OC.C=C[C@H](C)[C@@]1(COS(=O)(=O)c2ccc(C)cc2)O[C@@H](n2cnc3c(Cl)nc(N)nc32)[C@H](OC(C)=O)[C@@H]1OC.C=C[C@H](O)[C@@]12CO[C@@H]([C@H](n3cnc4c(=O)[nH]c(N)nc43)O1)[C@@H]2OC. The number of H-pyrrole nitrogens is 1. The highest BCUT2D eigenvalue weighted by molar-refractivity contribution is 7.87. The first-order valence-electron chi connectivity index (χ1n) is 28.5. The number of aromatic nitrogens is 8. The van der Waals surface area contributed by atoms with Gasteiger partial charge >= 0.3 is 17.9 Å². The zero-order chi connectivity index (χ0) is 68.3. The van der Waals surface area contributed by atoms with Crippen LogP contribution in [0.25, 0.3) is 22.3 Å². The summed E-state index contributed by atoms with van der Waals surface area (Å²) in [5, 5.41) is 10.4. The third-order valence-corrected chi connectivity index (χ3v) is 19.0. The molecule has 93 heavy (non-hydrogen) atoms. The Morgan fingerprint density at radius 1 is 0.699 bits per heavy atom. The molecule has 4 saturated heterocycles. The van der Waals surface area contributed by atoms with Gasteiger partial charge in [-0.15, -0.1) is 19.7 Å². The number of halogens is 1. The predicted octanol–water partition coefficient (Wildman–Crippen LogP) is 3.87. The summed E-state index contributed by atoms with van der Waals surface area (Å²) in [7, 11) is -4.06. The molecular weight excluding hydrogens is 1280 g/mol. The van der Waals surface area contributed by atoms with Crippen LogP contribution >= 0.6 is 11.6 Å². The molecule has 4 aliphatic heterocycles. The number of methoxy groups -OCH3 is 3. The zero-order valence-electron chi connectivity index (χ0n) is 52.3. The number of rotatable bonds is 22. The lowest BCUT2D eigenvalue weighted by Crippen LogP contribution is -2.53. The van der Waals surface area contributed by atoms with E-state index in [1.165, 1.54) is 95.7 Å². The summed E-state index contributed by atoms with van der Waals surface area (Å²) < 4.78 is 123. The van der Waals surface area contributed by atoms with Crippen LogP contribution in [0.15, 0.2) is 114 Å². The summed E-state index contributed by atoms with van der Waals surface area (Å²) in [5.74, 6) is -3.14. The monoisotopic (exact) mass is 1360 g/mol. The number of anilines is 2. The van der Waals surface area contributed by atoms with Gasteiger partial charge in [-0.1, -0.05) is 79.1 Å². The number of fused-ring (bicyclic) bond motifs is 4. The fourth-order valence-electron chi connectivity index (χ4n) is 11.4. The van der Waals surface area contributed by atoms with E-state index in [-0.39, 0.29) is 55.8 Å². The molecule has 15 atom stereocenters. The molecule has 8 heterocycles. The number of aliphatic hydroxyl groups is 1. The molecule has 0 spiro atoms. The molecule has 6 aromatic rings. The molecule has 4 aromatic heterocycles. The number of esters is 3. The van der Waals surface area contributed by atoms with Crippen LogP contribution in [0.5, 0.6) is 0 Å². The lowest BCUT2D eigenvalue weighted by atomic mass is 9.83.